The molecule has 0 aliphatic carbocycles. The summed E-state index contributed by atoms with van der Waals surface area (Å²) < 4.78 is 15.8. The number of ketones is 1. The predicted molar refractivity (Wildman–Crippen MR) is 179 cm³/mol. The number of Topliss-reactive ketones (excluding diaryl/α,β-unsaturated/α-hetero) is 1. The molecule has 3 fully saturated rings. The molecule has 3 rings (SSSR count). The molecule has 2 N–H and O–H groups in total. The van der Waals surface area contributed by atoms with E-state index >= 15 is 0 Å². The van der Waals surface area contributed by atoms with E-state index < -0.39 is 16.8 Å². The van der Waals surface area contributed by atoms with Gasteiger partial charge in [-0.3, -0.25) is 4.79 Å². The van der Waals surface area contributed by atoms with Gasteiger partial charge in [0.2, 0.25) is 0 Å². The highest BCUT2D eigenvalue weighted by molar-refractivity contribution is 5.82. The van der Waals surface area contributed by atoms with Crippen molar-refractivity contribution < 1.29 is 43.6 Å². The second-order valence-corrected chi connectivity index (χ2v) is 15.4. The summed E-state index contributed by atoms with van der Waals surface area (Å²) in [6.45, 7) is 24.0. The van der Waals surface area contributed by atoms with Gasteiger partial charge in [-0.05, 0) is 109 Å². The molecule has 270 valence electrons. The maximum Gasteiger partial charge on any atom is 0.410 e. The quantitative estimate of drug-likeness (QED) is 0.293. The van der Waals surface area contributed by atoms with E-state index in [-0.39, 0.29) is 61.8 Å². The summed E-state index contributed by atoms with van der Waals surface area (Å²) in [6, 6.07) is 0.0771. The van der Waals surface area contributed by atoms with Crippen molar-refractivity contribution in [1.29, 1.82) is 0 Å². The Kier molecular flexibility index (Phi) is 17.1. The van der Waals surface area contributed by atoms with Gasteiger partial charge in [-0.15, -0.1) is 0 Å². The van der Waals surface area contributed by atoms with E-state index in [1.54, 1.807) is 14.7 Å². The van der Waals surface area contributed by atoms with Crippen LogP contribution in [0.5, 0.6) is 0 Å². The number of piperidine rings is 3. The monoisotopic (exact) mass is 659 g/mol. The molecule has 0 aromatic carbocycles. The summed E-state index contributed by atoms with van der Waals surface area (Å²) in [4.78, 5) is 51.4. The molecular formula is C34H65N3O9. The van der Waals surface area contributed by atoms with E-state index in [0.717, 1.165) is 0 Å². The Morgan fingerprint density at radius 1 is 0.609 bits per heavy atom. The predicted octanol–water partition coefficient (Wildman–Crippen LogP) is 6.14. The van der Waals surface area contributed by atoms with Gasteiger partial charge in [-0.25, -0.2) is 14.4 Å². The van der Waals surface area contributed by atoms with Crippen LogP contribution < -0.4 is 0 Å². The molecule has 0 saturated carbocycles. The van der Waals surface area contributed by atoms with Gasteiger partial charge in [-0.1, -0.05) is 7.43 Å². The lowest BCUT2D eigenvalue weighted by Gasteiger charge is -2.36. The average molecular weight is 660 g/mol. The molecule has 0 spiro atoms. The third kappa shape index (κ3) is 16.8. The molecule has 46 heavy (non-hydrogen) atoms. The first-order valence-corrected chi connectivity index (χ1v) is 16.2. The second kappa shape index (κ2) is 18.1. The van der Waals surface area contributed by atoms with Gasteiger partial charge in [0.25, 0.3) is 0 Å². The molecule has 5 atom stereocenters. The highest BCUT2D eigenvalue weighted by atomic mass is 16.6. The van der Waals surface area contributed by atoms with Crippen molar-refractivity contribution in [2.75, 3.05) is 19.6 Å². The smallest absolute Gasteiger partial charge is 0.410 e. The fourth-order valence-corrected chi connectivity index (χ4v) is 5.08. The molecule has 3 amide bonds. The zero-order chi connectivity index (χ0) is 34.9. The van der Waals surface area contributed by atoms with Crippen LogP contribution in [0.4, 0.5) is 14.4 Å². The standard InChI is InChI=1S/2C11H21NO3.C11H19NO3.CH4/c3*1-8-7-9(13)5-6-12(8)10(14)15-11(2,3)4;/h2*8-9,13H,5-7H2,1-4H3;8H,5-7H2,1-4H3;1H4/t8-,9+;8-,9-;8-;/m111./s1. The third-order valence-electron chi connectivity index (χ3n) is 7.27. The fourth-order valence-electron chi connectivity index (χ4n) is 5.08. The van der Waals surface area contributed by atoms with E-state index in [9.17, 15) is 29.4 Å². The van der Waals surface area contributed by atoms with Crippen molar-refractivity contribution in [1.82, 2.24) is 14.7 Å². The van der Waals surface area contributed by atoms with Gasteiger partial charge in [0, 0.05) is 50.6 Å². The Balaban J connectivity index is 0.000000653. The van der Waals surface area contributed by atoms with Gasteiger partial charge >= 0.3 is 18.3 Å². The molecular weight excluding hydrogens is 594 g/mol. The number of hydrogen-bond acceptors (Lipinski definition) is 9. The Labute approximate surface area is 278 Å². The number of amides is 3. The minimum absolute atomic E-state index is 0. The van der Waals surface area contributed by atoms with E-state index in [1.165, 1.54) is 0 Å². The van der Waals surface area contributed by atoms with Crippen LogP contribution in [0, 0.1) is 0 Å². The second-order valence-electron chi connectivity index (χ2n) is 15.4. The largest absolute Gasteiger partial charge is 0.444 e. The zero-order valence-corrected chi connectivity index (χ0v) is 29.8. The van der Waals surface area contributed by atoms with Crippen LogP contribution >= 0.6 is 0 Å². The maximum atomic E-state index is 11.8. The number of aliphatic hydroxyl groups is 2. The molecule has 0 aromatic heterocycles. The van der Waals surface area contributed by atoms with Gasteiger partial charge < -0.3 is 39.1 Å². The number of carbonyl (C=O) groups excluding carboxylic acids is 4. The molecule has 0 bridgehead atoms. The molecule has 3 heterocycles. The van der Waals surface area contributed by atoms with Crippen molar-refractivity contribution in [2.45, 2.75) is 176 Å². The molecule has 3 aliphatic rings. The molecule has 0 radical (unpaired) electrons. The van der Waals surface area contributed by atoms with Crippen LogP contribution in [0.3, 0.4) is 0 Å². The minimum atomic E-state index is -0.474. The maximum absolute atomic E-state index is 11.8. The number of rotatable bonds is 0. The number of nitrogens with zero attached hydrogens (tertiary/aromatic N) is 3. The van der Waals surface area contributed by atoms with Crippen LogP contribution in [0.1, 0.15) is 129 Å². The number of ether oxygens (including phenoxy) is 3. The summed E-state index contributed by atoms with van der Waals surface area (Å²) in [5.74, 6) is 0.224. The number of likely N-dealkylation sites (tertiary alicyclic amines) is 3. The normalized spacial score (nSPS) is 25.5. The Hall–Kier alpha value is -2.60. The molecule has 0 unspecified atom stereocenters. The number of aliphatic hydroxyl groups excluding tert-OH is 2. The van der Waals surface area contributed by atoms with E-state index in [4.69, 9.17) is 14.2 Å². The van der Waals surface area contributed by atoms with Gasteiger partial charge in [0.05, 0.1) is 12.2 Å². The van der Waals surface area contributed by atoms with Crippen molar-refractivity contribution in [3.8, 4) is 0 Å². The topological polar surface area (TPSA) is 146 Å². The molecule has 12 nitrogen and oxygen atoms in total. The number of carbonyl (C=O) groups is 4. The lowest BCUT2D eigenvalue weighted by Crippen LogP contribution is -2.47. The first-order chi connectivity index (χ1) is 20.4. The molecule has 3 aliphatic heterocycles. The molecule has 3 saturated heterocycles. The van der Waals surface area contributed by atoms with Crippen LogP contribution in [0.15, 0.2) is 0 Å². The van der Waals surface area contributed by atoms with Gasteiger partial charge in [0.1, 0.15) is 22.6 Å². The SMILES string of the molecule is C.C[C@@H]1CC(=O)CCN1C(=O)OC(C)(C)C.C[C@@H]1C[C@@H](O)CCN1C(=O)OC(C)(C)C.C[C@@H]1C[C@H](O)CCN1C(=O)OC(C)(C)C. The van der Waals surface area contributed by atoms with Gasteiger partial charge in [0.15, 0.2) is 0 Å². The van der Waals surface area contributed by atoms with E-state index in [0.29, 0.717) is 58.2 Å². The zero-order valence-electron chi connectivity index (χ0n) is 29.8. The highest BCUT2D eigenvalue weighted by Gasteiger charge is 2.33. The minimum Gasteiger partial charge on any atom is -0.444 e. The summed E-state index contributed by atoms with van der Waals surface area (Å²) in [6.07, 6.45) is 2.03. The van der Waals surface area contributed by atoms with Crippen LogP contribution in [-0.2, 0) is 19.0 Å². The van der Waals surface area contributed by atoms with Crippen LogP contribution in [0.2, 0.25) is 0 Å². The Bertz CT molecular complexity index is 934. The van der Waals surface area contributed by atoms with Crippen molar-refractivity contribution >= 4 is 24.1 Å². The highest BCUT2D eigenvalue weighted by Crippen LogP contribution is 2.22. The van der Waals surface area contributed by atoms with Gasteiger partial charge in [-0.2, -0.15) is 0 Å². The summed E-state index contributed by atoms with van der Waals surface area (Å²) in [7, 11) is 0. The van der Waals surface area contributed by atoms with Crippen molar-refractivity contribution in [3.63, 3.8) is 0 Å². The van der Waals surface area contributed by atoms with E-state index in [2.05, 4.69) is 0 Å². The Morgan fingerprint density at radius 3 is 1.17 bits per heavy atom. The first-order valence-electron chi connectivity index (χ1n) is 16.2. The van der Waals surface area contributed by atoms with Crippen molar-refractivity contribution in [3.05, 3.63) is 0 Å². The summed E-state index contributed by atoms with van der Waals surface area (Å²) >= 11 is 0. The van der Waals surface area contributed by atoms with Crippen LogP contribution in [0.25, 0.3) is 0 Å². The Morgan fingerprint density at radius 2 is 0.913 bits per heavy atom. The van der Waals surface area contributed by atoms with E-state index in [1.807, 2.05) is 83.1 Å². The van der Waals surface area contributed by atoms with Crippen molar-refractivity contribution in [2.24, 2.45) is 0 Å². The van der Waals surface area contributed by atoms with Crippen LogP contribution in [-0.4, -0.2) is 116 Å². The lowest BCUT2D eigenvalue weighted by atomic mass is 10.0. The average Bonchev–Trinajstić information content (AvgIpc) is 2.81. The summed E-state index contributed by atoms with van der Waals surface area (Å²) in [5, 5.41) is 18.9. The molecule has 12 heteroatoms. The number of hydrogen-bond donors (Lipinski definition) is 2. The third-order valence-corrected chi connectivity index (χ3v) is 7.27. The first kappa shape index (κ1) is 43.4. The summed E-state index contributed by atoms with van der Waals surface area (Å²) in [5.41, 5.74) is -1.38. The molecule has 0 aromatic rings. The lowest BCUT2D eigenvalue weighted by molar-refractivity contribution is -0.122. The fraction of sp³-hybridized carbons (Fsp3) is 0.882.